The van der Waals surface area contributed by atoms with Crippen molar-refractivity contribution in [2.45, 2.75) is 52.7 Å². The van der Waals surface area contributed by atoms with Gasteiger partial charge in [-0.05, 0) is 98.3 Å². The second-order valence-corrected chi connectivity index (χ2v) is 11.8. The number of carbonyl (C=O) groups is 2. The third-order valence-corrected chi connectivity index (χ3v) is 8.44. The summed E-state index contributed by atoms with van der Waals surface area (Å²) in [4.78, 5) is 27.0. The van der Waals surface area contributed by atoms with Gasteiger partial charge in [-0.2, -0.15) is 0 Å². The number of carboxylic acids is 2. The molecule has 8 heteroatoms. The van der Waals surface area contributed by atoms with Crippen molar-refractivity contribution < 1.29 is 28.9 Å². The Labute approximate surface area is 250 Å². The molecule has 6 nitrogen and oxygen atoms in total. The first-order chi connectivity index (χ1) is 20.2. The molecule has 2 N–H and O–H groups in total. The van der Waals surface area contributed by atoms with Gasteiger partial charge in [0.2, 0.25) is 0 Å². The highest BCUT2D eigenvalue weighted by Crippen LogP contribution is 2.30. The average Bonchev–Trinajstić information content (AvgIpc) is 3.24. The third-order valence-electron chi connectivity index (χ3n) is 7.34. The maximum Gasteiger partial charge on any atom is 0.335 e. The van der Waals surface area contributed by atoms with Crippen molar-refractivity contribution in [1.29, 1.82) is 0 Å². The number of hydrogen-bond acceptors (Lipinski definition) is 5. The number of rotatable bonds is 15. The Balaban J connectivity index is 1.41. The molecular formula is C34H36FNO5S. The smallest absolute Gasteiger partial charge is 0.335 e. The lowest BCUT2D eigenvalue weighted by atomic mass is 10.0. The van der Waals surface area contributed by atoms with E-state index < -0.39 is 11.9 Å². The van der Waals surface area contributed by atoms with Gasteiger partial charge in [0.25, 0.3) is 0 Å². The van der Waals surface area contributed by atoms with E-state index in [2.05, 4.69) is 18.7 Å². The number of ether oxygens (including phenoxy) is 1. The molecule has 0 fully saturated rings. The molecule has 0 bridgehead atoms. The van der Waals surface area contributed by atoms with Crippen LogP contribution < -0.4 is 4.74 Å². The summed E-state index contributed by atoms with van der Waals surface area (Å²) in [5.41, 5.74) is 5.68. The van der Waals surface area contributed by atoms with E-state index in [0.29, 0.717) is 19.6 Å². The molecule has 0 amide bonds. The quantitative estimate of drug-likeness (QED) is 0.138. The van der Waals surface area contributed by atoms with Gasteiger partial charge in [-0.1, -0.05) is 36.4 Å². The van der Waals surface area contributed by atoms with Crippen LogP contribution in [-0.4, -0.2) is 40.1 Å². The number of carboxylic acid groups (broad SMARTS) is 2. The van der Waals surface area contributed by atoms with Crippen LogP contribution in [0.3, 0.4) is 0 Å². The van der Waals surface area contributed by atoms with Crippen LogP contribution in [0.25, 0.3) is 11.1 Å². The zero-order chi connectivity index (χ0) is 30.1. The minimum absolute atomic E-state index is 0.149. The maximum absolute atomic E-state index is 13.3. The zero-order valence-electron chi connectivity index (χ0n) is 23.9. The SMILES string of the molecule is Cc1sc(C)c(COc2ccc(-c3ccc(F)cc3)cc2)c1CCN(CCCCC(=O)O)Cc1ccc(C(=O)O)cc1. The van der Waals surface area contributed by atoms with Crippen molar-refractivity contribution >= 4 is 23.3 Å². The molecule has 0 aliphatic heterocycles. The number of aromatic carboxylic acids is 1. The van der Waals surface area contributed by atoms with Crippen LogP contribution in [0.5, 0.6) is 5.75 Å². The molecule has 0 radical (unpaired) electrons. The summed E-state index contributed by atoms with van der Waals surface area (Å²) >= 11 is 1.77. The average molecular weight is 590 g/mol. The molecule has 42 heavy (non-hydrogen) atoms. The fraction of sp³-hybridized carbons (Fsp3) is 0.294. The highest BCUT2D eigenvalue weighted by atomic mass is 32.1. The summed E-state index contributed by atoms with van der Waals surface area (Å²) in [6.07, 6.45) is 2.35. The second-order valence-electron chi connectivity index (χ2n) is 10.4. The number of aryl methyl sites for hydroxylation is 2. The van der Waals surface area contributed by atoms with Crippen LogP contribution in [0.15, 0.2) is 72.8 Å². The van der Waals surface area contributed by atoms with Gasteiger partial charge < -0.3 is 14.9 Å². The summed E-state index contributed by atoms with van der Waals surface area (Å²) in [5.74, 6) is -1.23. The molecule has 0 aliphatic carbocycles. The molecule has 1 heterocycles. The van der Waals surface area contributed by atoms with Gasteiger partial charge in [0.15, 0.2) is 0 Å². The highest BCUT2D eigenvalue weighted by molar-refractivity contribution is 7.12. The normalized spacial score (nSPS) is 11.1. The fourth-order valence-electron chi connectivity index (χ4n) is 5.00. The number of thiophene rings is 1. The Morgan fingerprint density at radius 3 is 2.05 bits per heavy atom. The van der Waals surface area contributed by atoms with E-state index in [1.54, 1.807) is 35.6 Å². The monoisotopic (exact) mass is 589 g/mol. The Kier molecular flexibility index (Phi) is 10.9. The largest absolute Gasteiger partial charge is 0.489 e. The molecule has 4 aromatic rings. The van der Waals surface area contributed by atoms with Gasteiger partial charge in [-0.25, -0.2) is 9.18 Å². The molecule has 1 aromatic heterocycles. The van der Waals surface area contributed by atoms with Crippen molar-refractivity contribution in [3.8, 4) is 16.9 Å². The first-order valence-electron chi connectivity index (χ1n) is 14.0. The van der Waals surface area contributed by atoms with Gasteiger partial charge >= 0.3 is 11.9 Å². The molecule has 0 saturated heterocycles. The van der Waals surface area contributed by atoms with Crippen molar-refractivity contribution in [3.05, 3.63) is 111 Å². The van der Waals surface area contributed by atoms with Crippen molar-refractivity contribution in [3.63, 3.8) is 0 Å². The first kappa shape index (κ1) is 30.9. The fourth-order valence-corrected chi connectivity index (χ4v) is 6.11. The van der Waals surface area contributed by atoms with Crippen LogP contribution in [0.2, 0.25) is 0 Å². The number of unbranched alkanes of at least 4 members (excludes halogenated alkanes) is 1. The van der Waals surface area contributed by atoms with Gasteiger partial charge in [-0.15, -0.1) is 11.3 Å². The van der Waals surface area contributed by atoms with E-state index in [9.17, 15) is 19.1 Å². The lowest BCUT2D eigenvalue weighted by molar-refractivity contribution is -0.137. The van der Waals surface area contributed by atoms with E-state index in [1.165, 1.54) is 33.0 Å². The van der Waals surface area contributed by atoms with Crippen LogP contribution in [0.4, 0.5) is 4.39 Å². The predicted molar refractivity (Wildman–Crippen MR) is 164 cm³/mol. The van der Waals surface area contributed by atoms with Crippen LogP contribution in [-0.2, 0) is 24.4 Å². The Bertz CT molecular complexity index is 1480. The van der Waals surface area contributed by atoms with E-state index >= 15 is 0 Å². The molecule has 0 atom stereocenters. The highest BCUT2D eigenvalue weighted by Gasteiger charge is 2.16. The molecule has 4 rings (SSSR count). The molecule has 220 valence electrons. The van der Waals surface area contributed by atoms with E-state index in [4.69, 9.17) is 9.84 Å². The summed E-state index contributed by atoms with van der Waals surface area (Å²) in [6, 6.07) is 21.2. The van der Waals surface area contributed by atoms with E-state index in [0.717, 1.165) is 48.4 Å². The van der Waals surface area contributed by atoms with E-state index in [-0.39, 0.29) is 17.8 Å². The number of halogens is 1. The van der Waals surface area contributed by atoms with Gasteiger partial charge in [0.1, 0.15) is 18.2 Å². The van der Waals surface area contributed by atoms with Crippen LogP contribution >= 0.6 is 11.3 Å². The van der Waals surface area contributed by atoms with Crippen molar-refractivity contribution in [1.82, 2.24) is 4.90 Å². The number of nitrogens with zero attached hydrogens (tertiary/aromatic N) is 1. The minimum Gasteiger partial charge on any atom is -0.489 e. The molecule has 0 saturated carbocycles. The van der Waals surface area contributed by atoms with Crippen molar-refractivity contribution in [2.75, 3.05) is 13.1 Å². The third kappa shape index (κ3) is 8.74. The zero-order valence-corrected chi connectivity index (χ0v) is 24.8. The Hall–Kier alpha value is -4.01. The summed E-state index contributed by atoms with van der Waals surface area (Å²) in [6.45, 7) is 6.89. The first-order valence-corrected chi connectivity index (χ1v) is 14.8. The summed E-state index contributed by atoms with van der Waals surface area (Å²) in [5, 5.41) is 18.2. The number of benzene rings is 3. The van der Waals surface area contributed by atoms with Crippen LogP contribution in [0, 0.1) is 19.7 Å². The van der Waals surface area contributed by atoms with Crippen LogP contribution in [0.1, 0.15) is 56.1 Å². The predicted octanol–water partition coefficient (Wildman–Crippen LogP) is 7.75. The summed E-state index contributed by atoms with van der Waals surface area (Å²) in [7, 11) is 0. The van der Waals surface area contributed by atoms with Gasteiger partial charge in [0.05, 0.1) is 5.56 Å². The van der Waals surface area contributed by atoms with Gasteiger partial charge in [-0.3, -0.25) is 9.69 Å². The number of hydrogen-bond donors (Lipinski definition) is 2. The molecule has 0 spiro atoms. The molecular weight excluding hydrogens is 553 g/mol. The molecule has 3 aromatic carbocycles. The maximum atomic E-state index is 13.3. The lowest BCUT2D eigenvalue weighted by Crippen LogP contribution is -2.27. The molecule has 0 unspecified atom stereocenters. The topological polar surface area (TPSA) is 87.1 Å². The Morgan fingerprint density at radius 2 is 1.43 bits per heavy atom. The van der Waals surface area contributed by atoms with Gasteiger partial charge in [0, 0.05) is 34.8 Å². The van der Waals surface area contributed by atoms with Crippen molar-refractivity contribution in [2.24, 2.45) is 0 Å². The lowest BCUT2D eigenvalue weighted by Gasteiger charge is -2.23. The van der Waals surface area contributed by atoms with E-state index in [1.807, 2.05) is 36.4 Å². The number of aliphatic carboxylic acids is 1. The minimum atomic E-state index is -0.950. The standard InChI is InChI=1S/C34H36FNO5S/c1-23-31(18-20-36(19-4-3-5-33(37)38)21-25-6-8-28(9-7-25)34(39)40)32(24(2)42-23)22-41-30-16-12-27(13-17-30)26-10-14-29(35)15-11-26/h6-17H,3-5,18-22H2,1-2H3,(H,37,38)(H,39,40). The summed E-state index contributed by atoms with van der Waals surface area (Å²) < 4.78 is 19.5. The Morgan fingerprint density at radius 1 is 0.810 bits per heavy atom. The second kappa shape index (κ2) is 14.8. The molecule has 0 aliphatic rings.